The molecule has 1 aromatic rings. The number of hydrogen-bond donors (Lipinski definition) is 0. The van der Waals surface area contributed by atoms with Crippen molar-refractivity contribution in [3.05, 3.63) is 35.1 Å². The van der Waals surface area contributed by atoms with Crippen molar-refractivity contribution in [1.82, 2.24) is 0 Å². The fourth-order valence-electron chi connectivity index (χ4n) is 1.13. The normalized spacial score (nSPS) is 13.0. The smallest absolute Gasteiger partial charge is 0.207 e. The van der Waals surface area contributed by atoms with Crippen LogP contribution in [0.2, 0.25) is 0 Å². The van der Waals surface area contributed by atoms with Crippen LogP contribution in [-0.2, 0) is 10.5 Å². The molecule has 0 saturated heterocycles. The zero-order chi connectivity index (χ0) is 11.9. The first-order chi connectivity index (χ1) is 6.62. The highest BCUT2D eigenvalue weighted by Crippen LogP contribution is 2.41. The lowest BCUT2D eigenvalue weighted by Gasteiger charge is -2.19. The highest BCUT2D eigenvalue weighted by Gasteiger charge is 2.38. The molecule has 0 unspecified atom stereocenters. The van der Waals surface area contributed by atoms with Gasteiger partial charge in [-0.25, -0.2) is 4.39 Å². The topological polar surface area (TPSA) is 0 Å². The van der Waals surface area contributed by atoms with Crippen molar-refractivity contribution in [1.29, 1.82) is 0 Å². The van der Waals surface area contributed by atoms with Crippen LogP contribution in [0.4, 0.5) is 17.6 Å². The monoisotopic (exact) mass is 260 g/mol. The lowest BCUT2D eigenvalue weighted by Crippen LogP contribution is -2.16. The number of halogens is 6. The van der Waals surface area contributed by atoms with Gasteiger partial charge in [-0.15, -0.1) is 0 Å². The van der Waals surface area contributed by atoms with E-state index in [1.807, 2.05) is 0 Å². The van der Waals surface area contributed by atoms with Gasteiger partial charge in [0.2, 0.25) is 0 Å². The van der Waals surface area contributed by atoms with E-state index >= 15 is 0 Å². The second-order valence-corrected chi connectivity index (χ2v) is 4.78. The molecule has 0 bridgehead atoms. The molecule has 84 valence electrons. The molecule has 0 atom stereocenters. The van der Waals surface area contributed by atoms with Crippen molar-refractivity contribution in [3.63, 3.8) is 0 Å². The molecule has 0 fully saturated rings. The van der Waals surface area contributed by atoms with E-state index < -0.39 is 21.9 Å². The first-order valence-electron chi connectivity index (χ1n) is 3.87. The maximum absolute atomic E-state index is 12.7. The zero-order valence-electron chi connectivity index (χ0n) is 7.50. The number of hydrogen-bond acceptors (Lipinski definition) is 0. The highest BCUT2D eigenvalue weighted by molar-refractivity contribution is 6.47. The number of alkyl halides is 5. The largest absolute Gasteiger partial charge is 0.416 e. The molecule has 0 radical (unpaired) electrons. The summed E-state index contributed by atoms with van der Waals surface area (Å²) in [7, 11) is 0. The van der Waals surface area contributed by atoms with Gasteiger partial charge in [-0.3, -0.25) is 0 Å². The van der Waals surface area contributed by atoms with Gasteiger partial charge in [0, 0.05) is 0 Å². The maximum Gasteiger partial charge on any atom is 0.416 e. The molecule has 6 heteroatoms. The van der Waals surface area contributed by atoms with Gasteiger partial charge in [0.25, 0.3) is 0 Å². The molecule has 0 nitrogen and oxygen atoms in total. The van der Waals surface area contributed by atoms with Crippen molar-refractivity contribution in [2.45, 2.75) is 17.4 Å². The Morgan fingerprint density at radius 2 is 1.60 bits per heavy atom. The predicted molar refractivity (Wildman–Crippen MR) is 50.5 cm³/mol. The standard InChI is InChI=1S/C9H6Cl2F4/c1-8(10,11)6-3-2-5(12)4-7(6)9(13,14)15/h2-4H,1H3. The predicted octanol–water partition coefficient (Wildman–Crippen LogP) is 4.49. The van der Waals surface area contributed by atoms with E-state index in [-0.39, 0.29) is 5.56 Å². The van der Waals surface area contributed by atoms with Crippen LogP contribution in [0.5, 0.6) is 0 Å². The first-order valence-corrected chi connectivity index (χ1v) is 4.63. The van der Waals surface area contributed by atoms with Crippen LogP contribution >= 0.6 is 23.2 Å². The van der Waals surface area contributed by atoms with Gasteiger partial charge < -0.3 is 0 Å². The van der Waals surface area contributed by atoms with Crippen LogP contribution in [0, 0.1) is 5.82 Å². The SMILES string of the molecule is CC(Cl)(Cl)c1ccc(F)cc1C(F)(F)F. The van der Waals surface area contributed by atoms with Gasteiger partial charge in [-0.05, 0) is 24.6 Å². The third-order valence-corrected chi connectivity index (χ3v) is 2.17. The average molecular weight is 261 g/mol. The van der Waals surface area contributed by atoms with E-state index in [1.54, 1.807) is 0 Å². The molecule has 0 aliphatic rings. The van der Waals surface area contributed by atoms with E-state index in [0.717, 1.165) is 12.1 Å². The summed E-state index contributed by atoms with van der Waals surface area (Å²) < 4.78 is 48.4. The van der Waals surface area contributed by atoms with E-state index in [4.69, 9.17) is 23.2 Å². The van der Waals surface area contributed by atoms with Crippen molar-refractivity contribution in [2.75, 3.05) is 0 Å². The van der Waals surface area contributed by atoms with Gasteiger partial charge in [-0.2, -0.15) is 13.2 Å². The molecule has 1 rings (SSSR count). The van der Waals surface area contributed by atoms with Gasteiger partial charge >= 0.3 is 6.18 Å². The van der Waals surface area contributed by atoms with E-state index in [0.29, 0.717) is 6.07 Å². The Morgan fingerprint density at radius 1 is 1.07 bits per heavy atom. The Balaban J connectivity index is 3.41. The van der Waals surface area contributed by atoms with Crippen molar-refractivity contribution < 1.29 is 17.6 Å². The summed E-state index contributed by atoms with van der Waals surface area (Å²) >= 11 is 11.1. The second-order valence-electron chi connectivity index (χ2n) is 3.08. The Morgan fingerprint density at radius 3 is 2.00 bits per heavy atom. The van der Waals surface area contributed by atoms with E-state index in [9.17, 15) is 17.6 Å². The minimum absolute atomic E-state index is 0.361. The van der Waals surface area contributed by atoms with Crippen LogP contribution in [0.1, 0.15) is 18.1 Å². The molecule has 0 saturated carbocycles. The number of benzene rings is 1. The van der Waals surface area contributed by atoms with Gasteiger partial charge in [0.1, 0.15) is 10.2 Å². The highest BCUT2D eigenvalue weighted by atomic mass is 35.5. The summed E-state index contributed by atoms with van der Waals surface area (Å²) in [6.45, 7) is 1.19. The Kier molecular flexibility index (Phi) is 3.22. The zero-order valence-corrected chi connectivity index (χ0v) is 9.01. The molecule has 0 aliphatic heterocycles. The van der Waals surface area contributed by atoms with Gasteiger partial charge in [-0.1, -0.05) is 29.3 Å². The molecule has 0 N–H and O–H groups in total. The van der Waals surface area contributed by atoms with Gasteiger partial charge in [0.15, 0.2) is 0 Å². The third kappa shape index (κ3) is 2.98. The second kappa shape index (κ2) is 3.83. The third-order valence-electron chi connectivity index (χ3n) is 1.76. The fourth-order valence-corrected chi connectivity index (χ4v) is 1.46. The molecule has 0 spiro atoms. The lowest BCUT2D eigenvalue weighted by molar-refractivity contribution is -0.138. The van der Waals surface area contributed by atoms with Crippen molar-refractivity contribution >= 4 is 23.2 Å². The summed E-state index contributed by atoms with van der Waals surface area (Å²) in [5, 5.41) is 0. The molecule has 1 aromatic carbocycles. The summed E-state index contributed by atoms with van der Waals surface area (Å²) in [5.74, 6) is -0.983. The summed E-state index contributed by atoms with van der Waals surface area (Å²) in [6, 6.07) is 2.18. The minimum atomic E-state index is -4.68. The molecule has 0 heterocycles. The van der Waals surface area contributed by atoms with Crippen molar-refractivity contribution in [2.24, 2.45) is 0 Å². The van der Waals surface area contributed by atoms with Crippen LogP contribution in [0.3, 0.4) is 0 Å². The maximum atomic E-state index is 12.7. The Hall–Kier alpha value is -0.480. The first kappa shape index (κ1) is 12.6. The summed E-state index contributed by atoms with van der Waals surface area (Å²) in [4.78, 5) is 0. The van der Waals surface area contributed by atoms with Crippen molar-refractivity contribution in [3.8, 4) is 0 Å². The Bertz CT molecular complexity index is 365. The average Bonchev–Trinajstić information content (AvgIpc) is 2.00. The van der Waals surface area contributed by atoms with E-state index in [2.05, 4.69) is 0 Å². The molecular formula is C9H6Cl2F4. The molecular weight excluding hydrogens is 255 g/mol. The fraction of sp³-hybridized carbons (Fsp3) is 0.333. The molecule has 0 aromatic heterocycles. The molecule has 15 heavy (non-hydrogen) atoms. The van der Waals surface area contributed by atoms with Crippen LogP contribution in [-0.4, -0.2) is 0 Å². The molecule has 0 amide bonds. The summed E-state index contributed by atoms with van der Waals surface area (Å²) in [6.07, 6.45) is -4.68. The van der Waals surface area contributed by atoms with Crippen LogP contribution < -0.4 is 0 Å². The van der Waals surface area contributed by atoms with Crippen LogP contribution in [0.15, 0.2) is 18.2 Å². The molecule has 0 aliphatic carbocycles. The lowest BCUT2D eigenvalue weighted by atomic mass is 10.0. The van der Waals surface area contributed by atoms with Crippen LogP contribution in [0.25, 0.3) is 0 Å². The Labute approximate surface area is 93.8 Å². The quantitative estimate of drug-likeness (QED) is 0.516. The number of rotatable bonds is 1. The summed E-state index contributed by atoms with van der Waals surface area (Å²) in [5.41, 5.74) is -1.52. The van der Waals surface area contributed by atoms with Gasteiger partial charge in [0.05, 0.1) is 5.56 Å². The van der Waals surface area contributed by atoms with E-state index in [1.165, 1.54) is 6.92 Å². The minimum Gasteiger partial charge on any atom is -0.207 e.